The third-order valence-electron chi connectivity index (χ3n) is 10.2. The van der Waals surface area contributed by atoms with E-state index in [2.05, 4.69) is 29.5 Å². The zero-order valence-corrected chi connectivity index (χ0v) is 34.1. The molecule has 11 nitrogen and oxygen atoms in total. The number of nitrogens with zero attached hydrogens (tertiary/aromatic N) is 1. The number of methoxy groups -OCH3 is 2. The molecule has 4 rings (SSSR count). The van der Waals surface area contributed by atoms with Crippen molar-refractivity contribution in [2.45, 2.75) is 135 Å². The van der Waals surface area contributed by atoms with Crippen LogP contribution in [0.3, 0.4) is 0 Å². The number of amides is 2. The first-order valence-corrected chi connectivity index (χ1v) is 19.8. The maximum Gasteiger partial charge on any atom is 0.407 e. The summed E-state index contributed by atoms with van der Waals surface area (Å²) >= 11 is 0. The maximum absolute atomic E-state index is 13.0. The van der Waals surface area contributed by atoms with Crippen molar-refractivity contribution in [1.82, 2.24) is 10.2 Å². The van der Waals surface area contributed by atoms with Gasteiger partial charge in [0.2, 0.25) is 5.91 Å². The van der Waals surface area contributed by atoms with Gasteiger partial charge in [0.25, 0.3) is 0 Å². The van der Waals surface area contributed by atoms with Gasteiger partial charge in [0, 0.05) is 31.2 Å². The fourth-order valence-corrected chi connectivity index (χ4v) is 7.28. The highest BCUT2D eigenvalue weighted by Crippen LogP contribution is 2.39. The average Bonchev–Trinajstić information content (AvgIpc) is 3.75. The number of hydrogen-bond donors (Lipinski definition) is 2. The predicted molar refractivity (Wildman–Crippen MR) is 212 cm³/mol. The molecule has 5 unspecified atom stereocenters. The number of ether oxygens (including phenoxy) is 3. The van der Waals surface area contributed by atoms with Crippen LogP contribution in [0, 0.1) is 17.8 Å². The van der Waals surface area contributed by atoms with Gasteiger partial charge >= 0.3 is 6.09 Å². The molecule has 306 valence electrons. The monoisotopic (exact) mass is 761 g/mol. The van der Waals surface area contributed by atoms with E-state index >= 15 is 0 Å². The van der Waals surface area contributed by atoms with Crippen molar-refractivity contribution in [3.63, 3.8) is 0 Å². The normalized spacial score (nSPS) is 19.4. The van der Waals surface area contributed by atoms with Gasteiger partial charge in [-0.15, -0.1) is 0 Å². The number of alkyl halides is 1. The minimum atomic E-state index is -0.628. The summed E-state index contributed by atoms with van der Waals surface area (Å²) < 4.78 is 33.3. The summed E-state index contributed by atoms with van der Waals surface area (Å²) in [5, 5.41) is 6.43. The van der Waals surface area contributed by atoms with Crippen LogP contribution in [-0.2, 0) is 23.8 Å². The van der Waals surface area contributed by atoms with Crippen molar-refractivity contribution in [2.75, 3.05) is 46.4 Å². The third kappa shape index (κ3) is 16.6. The van der Waals surface area contributed by atoms with Gasteiger partial charge in [-0.1, -0.05) is 58.8 Å². The fourth-order valence-electron chi connectivity index (χ4n) is 7.28. The highest BCUT2D eigenvalue weighted by molar-refractivity contribution is 5.97. The molecular weight excluding hydrogens is 693 g/mol. The Hall–Kier alpha value is -3.35. The average molecular weight is 762 g/mol. The Morgan fingerprint density at radius 3 is 2.33 bits per heavy atom. The van der Waals surface area contributed by atoms with Gasteiger partial charge in [0.05, 0.1) is 24.8 Å². The second kappa shape index (κ2) is 24.9. The quantitative estimate of drug-likeness (QED) is 0.152. The highest BCUT2D eigenvalue weighted by Gasteiger charge is 2.41. The molecule has 2 aromatic rings. The molecule has 2 N–H and O–H groups in total. The number of aldehydes is 2. The van der Waals surface area contributed by atoms with Crippen LogP contribution >= 0.6 is 0 Å². The molecule has 2 amide bonds. The molecule has 0 radical (unpaired) electrons. The molecule has 54 heavy (non-hydrogen) atoms. The minimum absolute atomic E-state index is 0.0294. The lowest BCUT2D eigenvalue weighted by Crippen LogP contribution is -2.43. The van der Waals surface area contributed by atoms with Crippen LogP contribution in [0.5, 0.6) is 0 Å². The molecule has 1 aromatic heterocycles. The van der Waals surface area contributed by atoms with E-state index in [-0.39, 0.29) is 17.9 Å². The molecule has 0 bridgehead atoms. The lowest BCUT2D eigenvalue weighted by Gasteiger charge is -2.32. The molecule has 5 atom stereocenters. The first-order valence-electron chi connectivity index (χ1n) is 19.8. The lowest BCUT2D eigenvalue weighted by atomic mass is 9.76. The van der Waals surface area contributed by atoms with Crippen molar-refractivity contribution in [2.24, 2.45) is 17.8 Å². The van der Waals surface area contributed by atoms with E-state index in [0.717, 1.165) is 56.0 Å². The number of hydrogen-bond acceptors (Lipinski definition) is 9. The number of anilines is 1. The van der Waals surface area contributed by atoms with Crippen molar-refractivity contribution in [3.8, 4) is 0 Å². The standard InChI is InChI=1S/C21H26N2O3.C14H26FNO3.C7H16O2/c1-23-10-9-18(14-5-3-2-4-6-14)20(23)21(25)22-16-7-8-19-15(11-16)12-17(13-24)26-19;1-5-11(10-17)7-6-8-12(9-15)16-13(18)19-14(2,3)4;1-4-5-7(9-3)6-8-2/h7-8,11-14,18,20H,2-6,9-10H2,1H3,(H,22,25);10-12H,5-9H2,1-4H3,(H,16,18);7H,4-6H2,1-3H3. The van der Waals surface area contributed by atoms with E-state index in [1.54, 1.807) is 47.1 Å². The molecule has 2 heterocycles. The fraction of sp³-hybridized carbons (Fsp3) is 0.714. The largest absolute Gasteiger partial charge is 0.453 e. The summed E-state index contributed by atoms with van der Waals surface area (Å²) in [4.78, 5) is 48.2. The first kappa shape index (κ1) is 46.8. The second-order valence-electron chi connectivity index (χ2n) is 15.6. The van der Waals surface area contributed by atoms with Crippen LogP contribution in [0.25, 0.3) is 11.0 Å². The molecule has 1 aliphatic carbocycles. The molecule has 2 aliphatic rings. The number of benzene rings is 1. The van der Waals surface area contributed by atoms with Crippen LogP contribution in [0.1, 0.15) is 122 Å². The summed E-state index contributed by atoms with van der Waals surface area (Å²) in [6.07, 6.45) is 13.9. The topological polar surface area (TPSA) is 136 Å². The molecule has 1 saturated heterocycles. The molecule has 2 fully saturated rings. The molecule has 1 aliphatic heterocycles. The number of nitrogens with one attached hydrogen (secondary N) is 2. The lowest BCUT2D eigenvalue weighted by molar-refractivity contribution is -0.121. The summed E-state index contributed by atoms with van der Waals surface area (Å²) in [5.74, 6) is 1.55. The van der Waals surface area contributed by atoms with Crippen molar-refractivity contribution < 1.29 is 42.2 Å². The van der Waals surface area contributed by atoms with Crippen molar-refractivity contribution in [3.05, 3.63) is 30.0 Å². The minimum Gasteiger partial charge on any atom is -0.453 e. The first-order chi connectivity index (χ1) is 25.8. The number of fused-ring (bicyclic) bond motifs is 1. The van der Waals surface area contributed by atoms with Crippen LogP contribution < -0.4 is 10.6 Å². The summed E-state index contributed by atoms with van der Waals surface area (Å²) in [6.45, 7) is 10.4. The summed E-state index contributed by atoms with van der Waals surface area (Å²) in [6, 6.07) is 6.61. The van der Waals surface area contributed by atoms with Crippen molar-refractivity contribution in [1.29, 1.82) is 0 Å². The van der Waals surface area contributed by atoms with Gasteiger partial charge in [0.1, 0.15) is 24.1 Å². The molecule has 12 heteroatoms. The van der Waals surface area contributed by atoms with E-state index in [0.29, 0.717) is 55.0 Å². The molecule has 1 saturated carbocycles. The maximum atomic E-state index is 13.0. The number of carbonyl (C=O) groups excluding carboxylic acids is 4. The van der Waals surface area contributed by atoms with Crippen molar-refractivity contribution >= 4 is 41.2 Å². The van der Waals surface area contributed by atoms with E-state index in [1.807, 2.05) is 19.1 Å². The van der Waals surface area contributed by atoms with E-state index < -0.39 is 24.4 Å². The summed E-state index contributed by atoms with van der Waals surface area (Å²) in [7, 11) is 5.48. The Labute approximate surface area is 322 Å². The van der Waals surface area contributed by atoms with Gasteiger partial charge in [0.15, 0.2) is 12.0 Å². The van der Waals surface area contributed by atoms with Crippen LogP contribution in [0.15, 0.2) is 28.7 Å². The third-order valence-corrected chi connectivity index (χ3v) is 10.2. The summed E-state index contributed by atoms with van der Waals surface area (Å²) in [5.41, 5.74) is 0.821. The zero-order valence-electron chi connectivity index (χ0n) is 34.1. The van der Waals surface area contributed by atoms with E-state index in [9.17, 15) is 23.6 Å². The number of halogens is 1. The van der Waals surface area contributed by atoms with Gasteiger partial charge in [-0.05, 0) is 103 Å². The smallest absolute Gasteiger partial charge is 0.407 e. The number of likely N-dealkylation sites (tertiary alicyclic amines) is 1. The number of carbonyl (C=O) groups is 4. The zero-order chi connectivity index (χ0) is 40.1. The van der Waals surface area contributed by atoms with E-state index in [1.165, 1.54) is 32.1 Å². The number of alkyl carbamates (subject to hydrolysis) is 1. The second-order valence-corrected chi connectivity index (χ2v) is 15.6. The number of furan rings is 1. The Morgan fingerprint density at radius 2 is 1.76 bits per heavy atom. The van der Waals surface area contributed by atoms with Gasteiger partial charge in [-0.3, -0.25) is 14.5 Å². The van der Waals surface area contributed by atoms with Crippen LogP contribution in [-0.4, -0.2) is 94.4 Å². The van der Waals surface area contributed by atoms with E-state index in [4.69, 9.17) is 18.6 Å². The molecular formula is C42H68FN3O8. The Balaban J connectivity index is 0.000000317. The number of likely N-dealkylation sites (N-methyl/N-ethyl adjacent to an activating group) is 1. The predicted octanol–water partition coefficient (Wildman–Crippen LogP) is 8.78. The Morgan fingerprint density at radius 1 is 1.04 bits per heavy atom. The van der Waals surface area contributed by atoms with Crippen LogP contribution in [0.4, 0.5) is 14.9 Å². The van der Waals surface area contributed by atoms with Gasteiger partial charge in [-0.25, -0.2) is 9.18 Å². The highest BCUT2D eigenvalue weighted by atomic mass is 19.1. The Bertz CT molecular complexity index is 1380. The van der Waals surface area contributed by atoms with Gasteiger partial charge < -0.3 is 34.1 Å². The molecule has 0 spiro atoms. The SMILES string of the molecule is CCC(C=O)CCCC(CF)NC(=O)OC(C)(C)C.CCCC(COC)OC.CN1CCC(C2CCCCC2)C1C(=O)Nc1ccc2oc(C=O)cc2c1. The van der Waals surface area contributed by atoms with Gasteiger partial charge in [-0.2, -0.15) is 0 Å². The van der Waals surface area contributed by atoms with Crippen LogP contribution in [0.2, 0.25) is 0 Å². The molecule has 1 aromatic carbocycles. The number of rotatable bonds is 17. The Kier molecular flexibility index (Phi) is 21.6.